The highest BCUT2D eigenvalue weighted by molar-refractivity contribution is 5.97. The van der Waals surface area contributed by atoms with Gasteiger partial charge in [-0.2, -0.15) is 0 Å². The van der Waals surface area contributed by atoms with Crippen LogP contribution in [-0.2, 0) is 0 Å². The fourth-order valence-corrected chi connectivity index (χ4v) is 2.43. The van der Waals surface area contributed by atoms with Crippen LogP contribution in [0.4, 0.5) is 10.5 Å². The predicted octanol–water partition coefficient (Wildman–Crippen LogP) is 1.31. The van der Waals surface area contributed by atoms with E-state index in [1.54, 1.807) is 0 Å². The highest BCUT2D eigenvalue weighted by Crippen LogP contribution is 2.27. The van der Waals surface area contributed by atoms with Crippen LogP contribution in [0.2, 0.25) is 0 Å². The molecule has 2 amide bonds. The molecule has 0 radical (unpaired) electrons. The number of urea groups is 1. The molecular formula is C14H19N3O4. The molecule has 1 atom stereocenters. The number of hydrogen-bond donors (Lipinski definition) is 4. The lowest BCUT2D eigenvalue weighted by atomic mass is 10.1. The number of aromatic carboxylic acids is 1. The average molecular weight is 293 g/mol. The van der Waals surface area contributed by atoms with Gasteiger partial charge < -0.3 is 25.7 Å². The minimum atomic E-state index is -1.25. The molecule has 0 aromatic heterocycles. The molecule has 0 spiro atoms. The van der Waals surface area contributed by atoms with E-state index in [0.29, 0.717) is 12.6 Å². The van der Waals surface area contributed by atoms with Gasteiger partial charge in [-0.1, -0.05) is 6.07 Å². The molecule has 1 aromatic rings. The third kappa shape index (κ3) is 3.63. The number of carbonyl (C=O) groups excluding carboxylic acids is 1. The summed E-state index contributed by atoms with van der Waals surface area (Å²) in [7, 11) is 2.01. The summed E-state index contributed by atoms with van der Waals surface area (Å²) >= 11 is 0. The van der Waals surface area contributed by atoms with Gasteiger partial charge >= 0.3 is 12.0 Å². The number of hydrogen-bond acceptors (Lipinski definition) is 4. The zero-order valence-corrected chi connectivity index (χ0v) is 11.8. The molecule has 0 saturated carbocycles. The lowest BCUT2D eigenvalue weighted by molar-refractivity contribution is 0.0693. The fraction of sp³-hybridized carbons (Fsp3) is 0.429. The average Bonchev–Trinajstić information content (AvgIpc) is 2.84. The van der Waals surface area contributed by atoms with E-state index in [1.807, 2.05) is 7.05 Å². The van der Waals surface area contributed by atoms with Crippen molar-refractivity contribution >= 4 is 17.7 Å². The first kappa shape index (κ1) is 15.1. The van der Waals surface area contributed by atoms with E-state index >= 15 is 0 Å². The number of benzene rings is 1. The van der Waals surface area contributed by atoms with E-state index in [9.17, 15) is 14.7 Å². The molecule has 2 rings (SSSR count). The number of amides is 2. The maximum atomic E-state index is 11.8. The monoisotopic (exact) mass is 293 g/mol. The van der Waals surface area contributed by atoms with Crippen LogP contribution in [0.25, 0.3) is 0 Å². The van der Waals surface area contributed by atoms with Crippen molar-refractivity contribution in [2.45, 2.75) is 18.9 Å². The molecule has 7 heteroatoms. The summed E-state index contributed by atoms with van der Waals surface area (Å²) in [6.07, 6.45) is 2.16. The molecule has 1 aliphatic rings. The zero-order valence-electron chi connectivity index (χ0n) is 11.8. The van der Waals surface area contributed by atoms with Crippen LogP contribution in [-0.4, -0.2) is 53.3 Å². The topological polar surface area (TPSA) is 102 Å². The second kappa shape index (κ2) is 6.45. The number of carbonyl (C=O) groups is 2. The summed E-state index contributed by atoms with van der Waals surface area (Å²) in [6.45, 7) is 1.54. The third-order valence-electron chi connectivity index (χ3n) is 3.68. The molecule has 21 heavy (non-hydrogen) atoms. The van der Waals surface area contributed by atoms with E-state index in [2.05, 4.69) is 15.5 Å². The zero-order chi connectivity index (χ0) is 15.4. The molecule has 1 heterocycles. The molecule has 4 N–H and O–H groups in total. The Bertz CT molecular complexity index is 547. The molecule has 1 fully saturated rings. The molecule has 1 saturated heterocycles. The van der Waals surface area contributed by atoms with Gasteiger partial charge in [-0.15, -0.1) is 0 Å². The van der Waals surface area contributed by atoms with Gasteiger partial charge in [-0.3, -0.25) is 0 Å². The van der Waals surface area contributed by atoms with Crippen molar-refractivity contribution in [2.75, 3.05) is 25.5 Å². The van der Waals surface area contributed by atoms with Crippen molar-refractivity contribution in [3.05, 3.63) is 23.8 Å². The Morgan fingerprint density at radius 3 is 2.81 bits per heavy atom. The standard InChI is InChI=1S/C14H19N3O4/c1-17-7-3-4-9(17)8-15-14(21)16-11-6-2-5-10(12(11)18)13(19)20/h2,5-6,9,18H,3-4,7-8H2,1H3,(H,19,20)(H2,15,16,21). The van der Waals surface area contributed by atoms with Crippen molar-refractivity contribution in [1.82, 2.24) is 10.2 Å². The number of anilines is 1. The second-order valence-electron chi connectivity index (χ2n) is 5.12. The molecule has 0 aliphatic carbocycles. The van der Waals surface area contributed by atoms with E-state index < -0.39 is 17.7 Å². The lowest BCUT2D eigenvalue weighted by Crippen LogP contribution is -2.40. The number of phenols is 1. The molecular weight excluding hydrogens is 274 g/mol. The highest BCUT2D eigenvalue weighted by atomic mass is 16.4. The number of likely N-dealkylation sites (N-methyl/N-ethyl adjacent to an activating group) is 1. The summed E-state index contributed by atoms with van der Waals surface area (Å²) in [6, 6.07) is 4.03. The second-order valence-corrected chi connectivity index (χ2v) is 5.12. The van der Waals surface area contributed by atoms with Crippen LogP contribution in [0.3, 0.4) is 0 Å². The molecule has 7 nitrogen and oxygen atoms in total. The smallest absolute Gasteiger partial charge is 0.339 e. The molecule has 1 unspecified atom stereocenters. The van der Waals surface area contributed by atoms with E-state index in [1.165, 1.54) is 18.2 Å². The number of likely N-dealkylation sites (tertiary alicyclic amines) is 1. The van der Waals surface area contributed by atoms with Crippen LogP contribution >= 0.6 is 0 Å². The Hall–Kier alpha value is -2.28. The molecule has 0 bridgehead atoms. The van der Waals surface area contributed by atoms with Gasteiger partial charge in [-0.05, 0) is 38.6 Å². The number of aromatic hydroxyl groups is 1. The highest BCUT2D eigenvalue weighted by Gasteiger charge is 2.21. The first-order chi connectivity index (χ1) is 9.99. The first-order valence-electron chi connectivity index (χ1n) is 6.79. The van der Waals surface area contributed by atoms with Crippen LogP contribution in [0, 0.1) is 0 Å². The van der Waals surface area contributed by atoms with Crippen LogP contribution in [0.1, 0.15) is 23.2 Å². The van der Waals surface area contributed by atoms with Crippen molar-refractivity contribution in [3.8, 4) is 5.75 Å². The Morgan fingerprint density at radius 2 is 2.19 bits per heavy atom. The molecule has 114 valence electrons. The maximum Gasteiger partial charge on any atom is 0.339 e. The quantitative estimate of drug-likeness (QED) is 0.627. The van der Waals surface area contributed by atoms with E-state index in [-0.39, 0.29) is 11.3 Å². The molecule has 1 aliphatic heterocycles. The summed E-state index contributed by atoms with van der Waals surface area (Å²) in [4.78, 5) is 24.9. The largest absolute Gasteiger partial charge is 0.505 e. The number of carboxylic acid groups (broad SMARTS) is 1. The van der Waals surface area contributed by atoms with Gasteiger partial charge in [0.05, 0.1) is 5.69 Å². The number of nitrogens with zero attached hydrogens (tertiary/aromatic N) is 1. The maximum absolute atomic E-state index is 11.8. The van der Waals surface area contributed by atoms with Crippen molar-refractivity contribution < 1.29 is 19.8 Å². The number of para-hydroxylation sites is 1. The predicted molar refractivity (Wildman–Crippen MR) is 77.7 cm³/mol. The lowest BCUT2D eigenvalue weighted by Gasteiger charge is -2.20. The fourth-order valence-electron chi connectivity index (χ4n) is 2.43. The normalized spacial score (nSPS) is 18.4. The number of carboxylic acids is 1. The van der Waals surface area contributed by atoms with Gasteiger partial charge in [-0.25, -0.2) is 9.59 Å². The van der Waals surface area contributed by atoms with Crippen molar-refractivity contribution in [1.29, 1.82) is 0 Å². The number of nitrogens with one attached hydrogen (secondary N) is 2. The molecule has 1 aromatic carbocycles. The number of rotatable bonds is 4. The van der Waals surface area contributed by atoms with Crippen LogP contribution in [0.15, 0.2) is 18.2 Å². The van der Waals surface area contributed by atoms with Gasteiger partial charge in [0, 0.05) is 12.6 Å². The Balaban J connectivity index is 1.93. The Kier molecular flexibility index (Phi) is 4.64. The third-order valence-corrected chi connectivity index (χ3v) is 3.68. The van der Waals surface area contributed by atoms with E-state index in [0.717, 1.165) is 19.4 Å². The summed E-state index contributed by atoms with van der Waals surface area (Å²) in [5.74, 6) is -1.69. The van der Waals surface area contributed by atoms with Gasteiger partial charge in [0.1, 0.15) is 5.56 Å². The van der Waals surface area contributed by atoms with Gasteiger partial charge in [0.15, 0.2) is 5.75 Å². The van der Waals surface area contributed by atoms with Crippen molar-refractivity contribution in [3.63, 3.8) is 0 Å². The summed E-state index contributed by atoms with van der Waals surface area (Å²) in [5, 5.41) is 23.9. The van der Waals surface area contributed by atoms with Crippen LogP contribution < -0.4 is 10.6 Å². The van der Waals surface area contributed by atoms with Gasteiger partial charge in [0.25, 0.3) is 0 Å². The minimum Gasteiger partial charge on any atom is -0.505 e. The summed E-state index contributed by atoms with van der Waals surface area (Å²) in [5.41, 5.74) is -0.171. The summed E-state index contributed by atoms with van der Waals surface area (Å²) < 4.78 is 0. The van der Waals surface area contributed by atoms with Crippen molar-refractivity contribution in [2.24, 2.45) is 0 Å². The minimum absolute atomic E-state index is 0.0761. The van der Waals surface area contributed by atoms with Gasteiger partial charge in [0.2, 0.25) is 0 Å². The Labute approximate surface area is 122 Å². The Morgan fingerprint density at radius 1 is 1.43 bits per heavy atom. The SMILES string of the molecule is CN1CCCC1CNC(=O)Nc1cccc(C(=O)O)c1O. The van der Waals surface area contributed by atoms with E-state index in [4.69, 9.17) is 5.11 Å². The first-order valence-corrected chi connectivity index (χ1v) is 6.79. The van der Waals surface area contributed by atoms with Crippen LogP contribution in [0.5, 0.6) is 5.75 Å².